The summed E-state index contributed by atoms with van der Waals surface area (Å²) in [7, 11) is 1.52. The van der Waals surface area contributed by atoms with E-state index >= 15 is 0 Å². The summed E-state index contributed by atoms with van der Waals surface area (Å²) in [6, 6.07) is -0.608. The van der Waals surface area contributed by atoms with E-state index in [0.717, 1.165) is 4.90 Å². The van der Waals surface area contributed by atoms with Gasteiger partial charge < -0.3 is 26.0 Å². The normalized spacial score (nSPS) is 21.0. The van der Waals surface area contributed by atoms with Gasteiger partial charge in [0, 0.05) is 20.1 Å². The van der Waals surface area contributed by atoms with Crippen molar-refractivity contribution in [2.24, 2.45) is 11.1 Å². The molecule has 9 nitrogen and oxygen atoms in total. The number of carbonyl (C=O) groups excluding carboxylic acids is 3. The Morgan fingerprint density at radius 1 is 1.33 bits per heavy atom. The lowest BCUT2D eigenvalue weighted by Gasteiger charge is -2.27. The molecule has 0 saturated carbocycles. The number of amides is 4. The number of nitrogens with zero attached hydrogens (tertiary/aromatic N) is 2. The highest BCUT2D eigenvalue weighted by molar-refractivity contribution is 5.88. The van der Waals surface area contributed by atoms with Crippen molar-refractivity contribution in [1.29, 1.82) is 0 Å². The number of carboxylic acid groups (broad SMARTS) is 1. The lowest BCUT2D eigenvalue weighted by Crippen LogP contribution is -2.49. The van der Waals surface area contributed by atoms with E-state index in [1.54, 1.807) is 6.92 Å². The van der Waals surface area contributed by atoms with Gasteiger partial charge in [0.1, 0.15) is 13.1 Å². The summed E-state index contributed by atoms with van der Waals surface area (Å²) in [6.07, 6.45) is 0.468. The van der Waals surface area contributed by atoms with Crippen LogP contribution in [0.1, 0.15) is 13.3 Å². The largest absolute Gasteiger partial charge is 0.480 e. The average molecular weight is 300 g/mol. The number of urea groups is 1. The van der Waals surface area contributed by atoms with E-state index in [1.165, 1.54) is 11.9 Å². The number of carbonyl (C=O) groups is 4. The number of nitrogens with one attached hydrogen (secondary N) is 1. The van der Waals surface area contributed by atoms with Gasteiger partial charge in [-0.05, 0) is 13.3 Å². The lowest BCUT2D eigenvalue weighted by atomic mass is 9.89. The lowest BCUT2D eigenvalue weighted by molar-refractivity contribution is -0.138. The first-order valence-electron chi connectivity index (χ1n) is 6.46. The zero-order chi connectivity index (χ0) is 16.2. The van der Waals surface area contributed by atoms with Gasteiger partial charge in [0.2, 0.25) is 11.8 Å². The van der Waals surface area contributed by atoms with Gasteiger partial charge in [-0.3, -0.25) is 14.4 Å². The van der Waals surface area contributed by atoms with Gasteiger partial charge in [0.25, 0.3) is 0 Å². The van der Waals surface area contributed by atoms with Gasteiger partial charge in [-0.2, -0.15) is 0 Å². The van der Waals surface area contributed by atoms with Crippen LogP contribution in [-0.2, 0) is 14.4 Å². The zero-order valence-corrected chi connectivity index (χ0v) is 12.1. The Morgan fingerprint density at radius 2 is 1.95 bits per heavy atom. The van der Waals surface area contributed by atoms with Crippen molar-refractivity contribution in [2.45, 2.75) is 13.3 Å². The quantitative estimate of drug-likeness (QED) is 0.564. The third-order valence-corrected chi connectivity index (χ3v) is 3.46. The molecule has 0 aromatic rings. The van der Waals surface area contributed by atoms with Crippen LogP contribution in [0.25, 0.3) is 0 Å². The molecule has 0 aromatic heterocycles. The van der Waals surface area contributed by atoms with Gasteiger partial charge in [-0.1, -0.05) is 0 Å². The van der Waals surface area contributed by atoms with Crippen LogP contribution in [0.15, 0.2) is 0 Å². The first kappa shape index (κ1) is 16.7. The maximum atomic E-state index is 12.3. The number of carboxylic acids is 1. The van der Waals surface area contributed by atoms with E-state index in [-0.39, 0.29) is 12.5 Å². The molecule has 21 heavy (non-hydrogen) atoms. The Bertz CT molecular complexity index is 451. The van der Waals surface area contributed by atoms with Crippen molar-refractivity contribution in [2.75, 3.05) is 33.2 Å². The Labute approximate surface area is 122 Å². The van der Waals surface area contributed by atoms with Crippen LogP contribution in [0.3, 0.4) is 0 Å². The number of hydrogen-bond donors (Lipinski definition) is 3. The van der Waals surface area contributed by atoms with E-state index in [2.05, 4.69) is 5.32 Å². The highest BCUT2D eigenvalue weighted by atomic mass is 16.4. The van der Waals surface area contributed by atoms with Crippen molar-refractivity contribution in [3.63, 3.8) is 0 Å². The minimum Gasteiger partial charge on any atom is -0.480 e. The second-order valence-corrected chi connectivity index (χ2v) is 5.31. The summed E-state index contributed by atoms with van der Waals surface area (Å²) in [4.78, 5) is 48.0. The Hall–Kier alpha value is -2.32. The monoisotopic (exact) mass is 300 g/mol. The molecule has 4 amide bonds. The van der Waals surface area contributed by atoms with Crippen molar-refractivity contribution in [3.8, 4) is 0 Å². The first-order valence-corrected chi connectivity index (χ1v) is 6.46. The third-order valence-electron chi connectivity index (χ3n) is 3.46. The van der Waals surface area contributed by atoms with Crippen molar-refractivity contribution in [3.05, 3.63) is 0 Å². The molecular weight excluding hydrogens is 280 g/mol. The summed E-state index contributed by atoms with van der Waals surface area (Å²) >= 11 is 0. The number of primary amides is 1. The van der Waals surface area contributed by atoms with Crippen molar-refractivity contribution < 1.29 is 24.3 Å². The molecule has 1 aliphatic heterocycles. The van der Waals surface area contributed by atoms with Gasteiger partial charge in [0.05, 0.1) is 5.41 Å². The molecule has 0 aliphatic carbocycles. The first-order chi connectivity index (χ1) is 9.69. The highest BCUT2D eigenvalue weighted by Gasteiger charge is 2.42. The molecule has 1 heterocycles. The molecule has 118 valence electrons. The average Bonchev–Trinajstić information content (AvgIpc) is 2.79. The fourth-order valence-electron chi connectivity index (χ4n) is 2.35. The Kier molecular flexibility index (Phi) is 5.12. The summed E-state index contributed by atoms with van der Waals surface area (Å²) in [6.45, 7) is 1.13. The molecule has 1 unspecified atom stereocenters. The van der Waals surface area contributed by atoms with E-state index in [9.17, 15) is 19.2 Å². The zero-order valence-electron chi connectivity index (χ0n) is 12.1. The van der Waals surface area contributed by atoms with Crippen LogP contribution in [0.4, 0.5) is 4.79 Å². The summed E-state index contributed by atoms with van der Waals surface area (Å²) < 4.78 is 0. The number of aliphatic carboxylic acids is 1. The molecule has 1 saturated heterocycles. The van der Waals surface area contributed by atoms with Gasteiger partial charge in [0.15, 0.2) is 0 Å². The minimum absolute atomic E-state index is 0.167. The fraction of sp³-hybridized carbons (Fsp3) is 0.667. The van der Waals surface area contributed by atoms with Crippen LogP contribution < -0.4 is 11.1 Å². The molecule has 1 rings (SSSR count). The maximum Gasteiger partial charge on any atom is 0.323 e. The number of rotatable bonds is 5. The molecule has 1 aliphatic rings. The van der Waals surface area contributed by atoms with Crippen LogP contribution in [-0.4, -0.2) is 71.9 Å². The van der Waals surface area contributed by atoms with Crippen molar-refractivity contribution in [1.82, 2.24) is 15.1 Å². The maximum absolute atomic E-state index is 12.3. The summed E-state index contributed by atoms with van der Waals surface area (Å²) in [5, 5.41) is 11.3. The van der Waals surface area contributed by atoms with Gasteiger partial charge >= 0.3 is 12.0 Å². The molecule has 1 fully saturated rings. The topological polar surface area (TPSA) is 133 Å². The second kappa shape index (κ2) is 6.42. The molecule has 0 bridgehead atoms. The van der Waals surface area contributed by atoms with E-state index in [4.69, 9.17) is 10.8 Å². The Balaban J connectivity index is 2.79. The SMILES string of the molecule is CNC(=O)C1(C)CCN(C(=O)N(CC(N)=O)CC(=O)O)C1. The van der Waals surface area contributed by atoms with Gasteiger partial charge in [-0.25, -0.2) is 4.79 Å². The standard InChI is InChI=1S/C12H20N4O5/c1-12(10(20)14-2)3-4-15(7-12)11(21)16(5-8(13)17)6-9(18)19/h3-7H2,1-2H3,(H2,13,17)(H,14,20)(H,18,19). The summed E-state index contributed by atoms with van der Waals surface area (Å²) in [5.74, 6) is -2.21. The van der Waals surface area contributed by atoms with E-state index in [0.29, 0.717) is 13.0 Å². The number of nitrogens with two attached hydrogens (primary N) is 1. The molecule has 0 aromatic carbocycles. The highest BCUT2D eigenvalue weighted by Crippen LogP contribution is 2.30. The predicted molar refractivity (Wildman–Crippen MR) is 72.2 cm³/mol. The smallest absolute Gasteiger partial charge is 0.323 e. The fourth-order valence-corrected chi connectivity index (χ4v) is 2.35. The van der Waals surface area contributed by atoms with E-state index in [1.807, 2.05) is 0 Å². The summed E-state index contributed by atoms with van der Waals surface area (Å²) in [5.41, 5.74) is 4.30. The van der Waals surface area contributed by atoms with Crippen LogP contribution in [0, 0.1) is 5.41 Å². The van der Waals surface area contributed by atoms with Crippen molar-refractivity contribution >= 4 is 23.8 Å². The Morgan fingerprint density at radius 3 is 2.43 bits per heavy atom. The van der Waals surface area contributed by atoms with Crippen LogP contribution in [0.5, 0.6) is 0 Å². The molecule has 0 radical (unpaired) electrons. The number of hydrogen-bond acceptors (Lipinski definition) is 4. The predicted octanol–water partition coefficient (Wildman–Crippen LogP) is -1.56. The minimum atomic E-state index is -1.24. The van der Waals surface area contributed by atoms with Crippen LogP contribution >= 0.6 is 0 Å². The molecule has 9 heteroatoms. The molecule has 0 spiro atoms. The molecular formula is C12H20N4O5. The van der Waals surface area contributed by atoms with Crippen LogP contribution in [0.2, 0.25) is 0 Å². The second-order valence-electron chi connectivity index (χ2n) is 5.31. The molecule has 1 atom stereocenters. The number of likely N-dealkylation sites (tertiary alicyclic amines) is 1. The van der Waals surface area contributed by atoms with Gasteiger partial charge in [-0.15, -0.1) is 0 Å². The third kappa shape index (κ3) is 4.07. The molecule has 4 N–H and O–H groups in total. The van der Waals surface area contributed by atoms with E-state index < -0.39 is 36.4 Å².